The highest BCUT2D eigenvalue weighted by atomic mass is 35.5. The lowest BCUT2D eigenvalue weighted by Gasteiger charge is -2.17. The number of nitrogens with one attached hydrogen (secondary N) is 1. The minimum atomic E-state index is -0.517. The van der Waals surface area contributed by atoms with Crippen LogP contribution in [-0.2, 0) is 4.79 Å². The van der Waals surface area contributed by atoms with E-state index >= 15 is 0 Å². The molecule has 1 heterocycles. The first-order valence-corrected chi connectivity index (χ1v) is 11.8. The molecule has 0 saturated heterocycles. The van der Waals surface area contributed by atoms with Crippen molar-refractivity contribution in [3.63, 3.8) is 0 Å². The van der Waals surface area contributed by atoms with Crippen LogP contribution in [0.5, 0.6) is 5.75 Å². The Morgan fingerprint density at radius 1 is 1.27 bits per heavy atom. The highest BCUT2D eigenvalue weighted by Gasteiger charge is 2.26. The second kappa shape index (κ2) is 10.2. The average molecular weight is 488 g/mol. The number of nitro benzene ring substituents is 1. The zero-order valence-electron chi connectivity index (χ0n) is 17.9. The van der Waals surface area contributed by atoms with Crippen molar-refractivity contribution in [2.45, 2.75) is 36.9 Å². The summed E-state index contributed by atoms with van der Waals surface area (Å²) in [6.07, 6.45) is 4.31. The van der Waals surface area contributed by atoms with Gasteiger partial charge >= 0.3 is 0 Å². The standard InChI is InChI=1S/C22H22ClN5O4S/c1-32-19-12-15(28(30)31)10-11-18(19)24-20(29)13-33-22-26-25-21(16-8-4-5-9-17(16)23)27(22)14-6-2-3-7-14/h4-5,8-12,14H,2-3,6-7,13H2,1H3,(H,24,29). The molecular weight excluding hydrogens is 466 g/mol. The maximum atomic E-state index is 12.6. The molecule has 4 rings (SSSR count). The zero-order valence-corrected chi connectivity index (χ0v) is 19.4. The van der Waals surface area contributed by atoms with Crippen LogP contribution in [-0.4, -0.2) is 38.5 Å². The molecule has 9 nitrogen and oxygen atoms in total. The van der Waals surface area contributed by atoms with E-state index in [-0.39, 0.29) is 29.1 Å². The normalized spacial score (nSPS) is 13.8. The molecule has 1 fully saturated rings. The molecule has 0 atom stereocenters. The topological polar surface area (TPSA) is 112 Å². The summed E-state index contributed by atoms with van der Waals surface area (Å²) >= 11 is 7.71. The van der Waals surface area contributed by atoms with Gasteiger partial charge in [0.1, 0.15) is 5.75 Å². The third-order valence-electron chi connectivity index (χ3n) is 5.47. The number of nitro groups is 1. The van der Waals surface area contributed by atoms with Crippen molar-refractivity contribution in [1.29, 1.82) is 0 Å². The molecule has 1 N–H and O–H groups in total. The number of aromatic nitrogens is 3. The van der Waals surface area contributed by atoms with Gasteiger partial charge in [-0.1, -0.05) is 48.3 Å². The molecule has 1 aliphatic carbocycles. The Morgan fingerprint density at radius 3 is 2.73 bits per heavy atom. The van der Waals surface area contributed by atoms with Gasteiger partial charge in [-0.2, -0.15) is 0 Å². The number of benzene rings is 2. The van der Waals surface area contributed by atoms with Crippen LogP contribution in [0.4, 0.5) is 11.4 Å². The van der Waals surface area contributed by atoms with Crippen LogP contribution in [0, 0.1) is 10.1 Å². The molecule has 2 aromatic carbocycles. The van der Waals surface area contributed by atoms with E-state index in [9.17, 15) is 14.9 Å². The number of anilines is 1. The van der Waals surface area contributed by atoms with E-state index in [1.807, 2.05) is 24.3 Å². The highest BCUT2D eigenvalue weighted by Crippen LogP contribution is 2.38. The predicted molar refractivity (Wildman–Crippen MR) is 127 cm³/mol. The fourth-order valence-electron chi connectivity index (χ4n) is 3.91. The monoisotopic (exact) mass is 487 g/mol. The van der Waals surface area contributed by atoms with Crippen LogP contribution in [0.15, 0.2) is 47.6 Å². The molecule has 0 unspecified atom stereocenters. The fourth-order valence-corrected chi connectivity index (χ4v) is 4.93. The highest BCUT2D eigenvalue weighted by molar-refractivity contribution is 7.99. The average Bonchev–Trinajstić information content (AvgIpc) is 3.48. The van der Waals surface area contributed by atoms with Gasteiger partial charge in [-0.3, -0.25) is 19.5 Å². The minimum Gasteiger partial charge on any atom is -0.494 e. The van der Waals surface area contributed by atoms with Gasteiger partial charge in [0.05, 0.1) is 34.6 Å². The quantitative estimate of drug-likeness (QED) is 0.258. The molecule has 1 saturated carbocycles. The molecule has 33 heavy (non-hydrogen) atoms. The van der Waals surface area contributed by atoms with Crippen molar-refractivity contribution in [1.82, 2.24) is 14.8 Å². The fraction of sp³-hybridized carbons (Fsp3) is 0.318. The number of ether oxygens (including phenoxy) is 1. The predicted octanol–water partition coefficient (Wildman–Crippen LogP) is 5.36. The van der Waals surface area contributed by atoms with Gasteiger partial charge in [0.25, 0.3) is 5.69 Å². The number of carbonyl (C=O) groups is 1. The number of nitrogens with zero attached hydrogens (tertiary/aromatic N) is 4. The molecule has 1 amide bonds. The number of hydrogen-bond acceptors (Lipinski definition) is 7. The van der Waals surface area contributed by atoms with Crippen LogP contribution in [0.3, 0.4) is 0 Å². The van der Waals surface area contributed by atoms with Crippen LogP contribution < -0.4 is 10.1 Å². The second-order valence-electron chi connectivity index (χ2n) is 7.57. The molecule has 0 spiro atoms. The number of hydrogen-bond donors (Lipinski definition) is 1. The van der Waals surface area contributed by atoms with Gasteiger partial charge in [0, 0.05) is 17.7 Å². The Balaban J connectivity index is 1.52. The summed E-state index contributed by atoms with van der Waals surface area (Å²) in [5.41, 5.74) is 1.06. The smallest absolute Gasteiger partial charge is 0.273 e. The maximum Gasteiger partial charge on any atom is 0.273 e. The molecule has 0 radical (unpaired) electrons. The van der Waals surface area contributed by atoms with Crippen LogP contribution in [0.25, 0.3) is 11.4 Å². The summed E-state index contributed by atoms with van der Waals surface area (Å²) in [7, 11) is 1.39. The number of non-ortho nitro benzene ring substituents is 1. The van der Waals surface area contributed by atoms with Gasteiger partial charge < -0.3 is 10.1 Å². The minimum absolute atomic E-state index is 0.0908. The van der Waals surface area contributed by atoms with Crippen molar-refractivity contribution in [3.8, 4) is 17.1 Å². The van der Waals surface area contributed by atoms with Gasteiger partial charge in [-0.05, 0) is 31.0 Å². The molecule has 3 aromatic rings. The van der Waals surface area contributed by atoms with Crippen LogP contribution >= 0.6 is 23.4 Å². The summed E-state index contributed by atoms with van der Waals surface area (Å²) in [4.78, 5) is 23.1. The number of halogens is 1. The van der Waals surface area contributed by atoms with Crippen molar-refractivity contribution in [2.75, 3.05) is 18.2 Å². The third kappa shape index (κ3) is 5.12. The second-order valence-corrected chi connectivity index (χ2v) is 8.92. The molecular formula is C22H22ClN5O4S. The first-order chi connectivity index (χ1) is 16.0. The Morgan fingerprint density at radius 2 is 2.03 bits per heavy atom. The number of methoxy groups -OCH3 is 1. The zero-order chi connectivity index (χ0) is 23.4. The summed E-state index contributed by atoms with van der Waals surface area (Å²) in [6.45, 7) is 0. The molecule has 11 heteroatoms. The SMILES string of the molecule is COc1cc([N+](=O)[O-])ccc1NC(=O)CSc1nnc(-c2ccccc2Cl)n1C1CCCC1. The molecule has 172 valence electrons. The van der Waals surface area contributed by atoms with Crippen molar-refractivity contribution >= 4 is 40.6 Å². The third-order valence-corrected chi connectivity index (χ3v) is 6.74. The largest absolute Gasteiger partial charge is 0.494 e. The lowest BCUT2D eigenvalue weighted by molar-refractivity contribution is -0.384. The lowest BCUT2D eigenvalue weighted by atomic mass is 10.2. The van der Waals surface area contributed by atoms with Crippen molar-refractivity contribution in [2.24, 2.45) is 0 Å². The molecule has 0 aliphatic heterocycles. The Labute approximate surface area is 199 Å². The number of thioether (sulfide) groups is 1. The van der Waals surface area contributed by atoms with E-state index in [4.69, 9.17) is 16.3 Å². The maximum absolute atomic E-state index is 12.6. The number of carbonyl (C=O) groups excluding carboxylic acids is 1. The Kier molecular flexibility index (Phi) is 7.14. The lowest BCUT2D eigenvalue weighted by Crippen LogP contribution is -2.16. The van der Waals surface area contributed by atoms with Gasteiger partial charge in [-0.25, -0.2) is 0 Å². The summed E-state index contributed by atoms with van der Waals surface area (Å²) < 4.78 is 7.28. The molecule has 0 bridgehead atoms. The van der Waals surface area contributed by atoms with Gasteiger partial charge in [-0.15, -0.1) is 10.2 Å². The van der Waals surface area contributed by atoms with Crippen molar-refractivity contribution in [3.05, 3.63) is 57.6 Å². The van der Waals surface area contributed by atoms with E-state index in [0.717, 1.165) is 31.2 Å². The van der Waals surface area contributed by atoms with E-state index in [2.05, 4.69) is 20.1 Å². The number of rotatable bonds is 8. The first kappa shape index (κ1) is 23.1. The Bertz CT molecular complexity index is 1180. The van der Waals surface area contributed by atoms with E-state index in [0.29, 0.717) is 21.7 Å². The molecule has 1 aromatic heterocycles. The van der Waals surface area contributed by atoms with Gasteiger partial charge in [0.15, 0.2) is 11.0 Å². The van der Waals surface area contributed by atoms with E-state index < -0.39 is 4.92 Å². The Hall–Kier alpha value is -3.11. The van der Waals surface area contributed by atoms with Gasteiger partial charge in [0.2, 0.25) is 5.91 Å². The van der Waals surface area contributed by atoms with E-state index in [1.54, 1.807) is 0 Å². The van der Waals surface area contributed by atoms with Crippen LogP contribution in [0.2, 0.25) is 5.02 Å². The summed E-state index contributed by atoms with van der Waals surface area (Å²) in [5.74, 6) is 0.727. The first-order valence-electron chi connectivity index (χ1n) is 10.4. The molecule has 1 aliphatic rings. The number of amides is 1. The van der Waals surface area contributed by atoms with E-state index in [1.165, 1.54) is 37.1 Å². The van der Waals surface area contributed by atoms with Crippen molar-refractivity contribution < 1.29 is 14.5 Å². The summed E-state index contributed by atoms with van der Waals surface area (Å²) in [5, 5.41) is 23.7. The summed E-state index contributed by atoms with van der Waals surface area (Å²) in [6, 6.07) is 11.8. The van der Waals surface area contributed by atoms with Crippen LogP contribution in [0.1, 0.15) is 31.7 Å².